The van der Waals surface area contributed by atoms with Crippen LogP contribution >= 0.6 is 0 Å². The number of nitrogens with zero attached hydrogens (tertiary/aromatic N) is 1. The van der Waals surface area contributed by atoms with E-state index >= 15 is 0 Å². The molecule has 0 aromatic heterocycles. The van der Waals surface area contributed by atoms with Gasteiger partial charge in [-0.15, -0.1) is 0 Å². The van der Waals surface area contributed by atoms with Crippen molar-refractivity contribution in [1.82, 2.24) is 0 Å². The second-order valence-corrected chi connectivity index (χ2v) is 3.90. The Morgan fingerprint density at radius 3 is 1.85 bits per heavy atom. The van der Waals surface area contributed by atoms with Gasteiger partial charge in [-0.1, -0.05) is 26.0 Å². The van der Waals surface area contributed by atoms with Crippen LogP contribution in [0.15, 0.2) is 28.4 Å². The summed E-state index contributed by atoms with van der Waals surface area (Å²) in [5, 5.41) is 0. The summed E-state index contributed by atoms with van der Waals surface area (Å²) in [6, 6.07) is 0. The number of hydrogen-bond donors (Lipinski definition) is 0. The molecule has 0 N–H and O–H groups in total. The molecular formula is C12H21N. The average molecular weight is 179 g/mol. The molecule has 0 saturated carbocycles. The van der Waals surface area contributed by atoms with Gasteiger partial charge in [-0.25, -0.2) is 0 Å². The zero-order chi connectivity index (χ0) is 10.6. The summed E-state index contributed by atoms with van der Waals surface area (Å²) in [5.41, 5.74) is 4.55. The topological polar surface area (TPSA) is 12.4 Å². The molecule has 0 bridgehead atoms. The molecule has 0 unspecified atom stereocenters. The molecule has 74 valence electrons. The van der Waals surface area contributed by atoms with Crippen LogP contribution in [0.1, 0.15) is 41.5 Å². The maximum Gasteiger partial charge on any atom is 0.0403 e. The Hall–Kier alpha value is -0.850. The smallest absolute Gasteiger partial charge is 0.0403 e. The molecule has 1 nitrogen and oxygen atoms in total. The van der Waals surface area contributed by atoms with Gasteiger partial charge < -0.3 is 0 Å². The predicted molar refractivity (Wildman–Crippen MR) is 61.1 cm³/mol. The quantitative estimate of drug-likeness (QED) is 0.459. The Morgan fingerprint density at radius 2 is 1.54 bits per heavy atom. The third-order valence-corrected chi connectivity index (χ3v) is 2.36. The molecule has 1 heteroatoms. The van der Waals surface area contributed by atoms with Crippen molar-refractivity contribution in [3.63, 3.8) is 0 Å². The first-order chi connectivity index (χ1) is 5.86. The van der Waals surface area contributed by atoms with Gasteiger partial charge in [-0.05, 0) is 39.2 Å². The summed E-state index contributed by atoms with van der Waals surface area (Å²) in [6.45, 7) is 16.4. The lowest BCUT2D eigenvalue weighted by Gasteiger charge is -2.07. The highest BCUT2D eigenvalue weighted by Crippen LogP contribution is 2.13. The highest BCUT2D eigenvalue weighted by atomic mass is 14.8. The highest BCUT2D eigenvalue weighted by molar-refractivity contribution is 5.84. The second-order valence-electron chi connectivity index (χ2n) is 3.90. The molecule has 0 saturated heterocycles. The molecule has 0 spiro atoms. The van der Waals surface area contributed by atoms with E-state index in [4.69, 9.17) is 0 Å². The first-order valence-corrected chi connectivity index (χ1v) is 4.74. The zero-order valence-electron chi connectivity index (χ0n) is 9.73. The number of allylic oxidation sites excluding steroid dienone is 3. The number of aliphatic imine (C=N–C) groups is 1. The van der Waals surface area contributed by atoms with Crippen molar-refractivity contribution in [2.24, 2.45) is 10.9 Å². The lowest BCUT2D eigenvalue weighted by molar-refractivity contribution is 0.874. The van der Waals surface area contributed by atoms with Crippen LogP contribution < -0.4 is 0 Å². The van der Waals surface area contributed by atoms with Gasteiger partial charge in [0.2, 0.25) is 0 Å². The Kier molecular flexibility index (Phi) is 4.68. The van der Waals surface area contributed by atoms with Gasteiger partial charge in [0, 0.05) is 11.4 Å². The molecule has 0 aliphatic heterocycles. The maximum absolute atomic E-state index is 4.53. The third-order valence-electron chi connectivity index (χ3n) is 2.36. The van der Waals surface area contributed by atoms with Gasteiger partial charge in [0.1, 0.15) is 0 Å². The van der Waals surface area contributed by atoms with Crippen LogP contribution in [0.4, 0.5) is 0 Å². The van der Waals surface area contributed by atoms with Crippen LogP contribution in [0.3, 0.4) is 0 Å². The van der Waals surface area contributed by atoms with Crippen LogP contribution in [0, 0.1) is 5.92 Å². The molecule has 0 radical (unpaired) electrons. The summed E-state index contributed by atoms with van der Waals surface area (Å²) in [4.78, 5) is 4.53. The van der Waals surface area contributed by atoms with E-state index < -0.39 is 0 Å². The molecule has 0 aromatic carbocycles. The summed E-state index contributed by atoms with van der Waals surface area (Å²) < 4.78 is 0. The van der Waals surface area contributed by atoms with E-state index in [-0.39, 0.29) is 0 Å². The van der Waals surface area contributed by atoms with Gasteiger partial charge in [0.25, 0.3) is 0 Å². The summed E-state index contributed by atoms with van der Waals surface area (Å²) in [5.74, 6) is 0.521. The van der Waals surface area contributed by atoms with Gasteiger partial charge in [-0.3, -0.25) is 4.99 Å². The van der Waals surface area contributed by atoms with E-state index in [0.717, 1.165) is 11.3 Å². The fourth-order valence-corrected chi connectivity index (χ4v) is 0.786. The van der Waals surface area contributed by atoms with E-state index in [1.165, 1.54) is 11.3 Å². The van der Waals surface area contributed by atoms with Crippen molar-refractivity contribution in [2.75, 3.05) is 0 Å². The fourth-order valence-electron chi connectivity index (χ4n) is 0.786. The molecule has 0 heterocycles. The molecule has 0 aliphatic carbocycles. The molecule has 0 amide bonds. The van der Waals surface area contributed by atoms with Crippen molar-refractivity contribution in [1.29, 1.82) is 0 Å². The van der Waals surface area contributed by atoms with Crippen molar-refractivity contribution < 1.29 is 0 Å². The van der Waals surface area contributed by atoms with Gasteiger partial charge >= 0.3 is 0 Å². The van der Waals surface area contributed by atoms with Crippen molar-refractivity contribution in [3.8, 4) is 0 Å². The van der Waals surface area contributed by atoms with Gasteiger partial charge in [0.15, 0.2) is 0 Å². The molecule has 0 aliphatic rings. The van der Waals surface area contributed by atoms with Gasteiger partial charge in [0.05, 0.1) is 0 Å². The first kappa shape index (κ1) is 12.2. The summed E-state index contributed by atoms with van der Waals surface area (Å²) >= 11 is 0. The fraction of sp³-hybridized carbons (Fsp3) is 0.583. The minimum Gasteiger partial charge on any atom is -0.262 e. The summed E-state index contributed by atoms with van der Waals surface area (Å²) in [6.07, 6.45) is 0. The Morgan fingerprint density at radius 1 is 1.08 bits per heavy atom. The molecule has 13 heavy (non-hydrogen) atoms. The van der Waals surface area contributed by atoms with Crippen LogP contribution in [0.25, 0.3) is 0 Å². The van der Waals surface area contributed by atoms with E-state index in [1.54, 1.807) is 0 Å². The SMILES string of the molecule is C=C(C)/C(C)=C(\C)N=C(C)C(C)C. The lowest BCUT2D eigenvalue weighted by atomic mass is 10.1. The van der Waals surface area contributed by atoms with E-state index in [1.807, 2.05) is 13.8 Å². The van der Waals surface area contributed by atoms with Crippen LogP contribution in [-0.2, 0) is 0 Å². The summed E-state index contributed by atoms with van der Waals surface area (Å²) in [7, 11) is 0. The zero-order valence-corrected chi connectivity index (χ0v) is 9.73. The van der Waals surface area contributed by atoms with E-state index in [0.29, 0.717) is 5.92 Å². The Balaban J connectivity index is 4.81. The van der Waals surface area contributed by atoms with E-state index in [9.17, 15) is 0 Å². The molecule has 0 atom stereocenters. The first-order valence-electron chi connectivity index (χ1n) is 4.74. The van der Waals surface area contributed by atoms with Gasteiger partial charge in [-0.2, -0.15) is 0 Å². The van der Waals surface area contributed by atoms with Crippen molar-refractivity contribution in [2.45, 2.75) is 41.5 Å². The molecular weight excluding hydrogens is 158 g/mol. The standard InChI is InChI=1S/C12H21N/c1-8(2)10(5)12(7)13-11(6)9(3)4/h9H,1H2,2-7H3/b12-10+,13-11?. The Labute approximate surface area is 82.3 Å². The molecule has 0 rings (SSSR count). The second kappa shape index (κ2) is 5.00. The minimum absolute atomic E-state index is 0.521. The maximum atomic E-state index is 4.53. The normalized spacial score (nSPS) is 14.5. The minimum atomic E-state index is 0.521. The molecule has 0 aromatic rings. The predicted octanol–water partition coefficient (Wildman–Crippen LogP) is 3.97. The lowest BCUT2D eigenvalue weighted by Crippen LogP contribution is -2.02. The largest absolute Gasteiger partial charge is 0.262 e. The van der Waals surface area contributed by atoms with Crippen molar-refractivity contribution >= 4 is 5.71 Å². The number of rotatable bonds is 3. The van der Waals surface area contributed by atoms with Crippen LogP contribution in [-0.4, -0.2) is 5.71 Å². The van der Waals surface area contributed by atoms with Crippen LogP contribution in [0.2, 0.25) is 0 Å². The molecule has 0 fully saturated rings. The highest BCUT2D eigenvalue weighted by Gasteiger charge is 2.00. The van der Waals surface area contributed by atoms with Crippen molar-refractivity contribution in [3.05, 3.63) is 23.4 Å². The third kappa shape index (κ3) is 4.07. The monoisotopic (exact) mass is 179 g/mol. The Bertz CT molecular complexity index is 254. The van der Waals surface area contributed by atoms with Crippen LogP contribution in [0.5, 0.6) is 0 Å². The van der Waals surface area contributed by atoms with E-state index in [2.05, 4.69) is 39.3 Å². The average Bonchev–Trinajstić information content (AvgIpc) is 2.02. The number of hydrogen-bond acceptors (Lipinski definition) is 1.